The van der Waals surface area contributed by atoms with Gasteiger partial charge in [0.1, 0.15) is 5.52 Å². The average Bonchev–Trinajstić information content (AvgIpc) is 2.58. The summed E-state index contributed by atoms with van der Waals surface area (Å²) in [5.74, 6) is 0.802. The number of benzene rings is 1. The molecule has 16 heavy (non-hydrogen) atoms. The number of hydrogen-bond acceptors (Lipinski definition) is 2. The number of oxazole rings is 1. The molecule has 0 aliphatic carbocycles. The Morgan fingerprint density at radius 3 is 2.56 bits per heavy atom. The molecule has 0 aliphatic heterocycles. The van der Waals surface area contributed by atoms with Gasteiger partial charge in [0.25, 0.3) is 0 Å². The maximum atomic E-state index is 5.80. The lowest BCUT2D eigenvalue weighted by Crippen LogP contribution is -2.10. The van der Waals surface area contributed by atoms with Crippen LogP contribution in [0, 0.1) is 0 Å². The van der Waals surface area contributed by atoms with Gasteiger partial charge in [0.05, 0.1) is 0 Å². The fourth-order valence-corrected chi connectivity index (χ4v) is 1.75. The van der Waals surface area contributed by atoms with Crippen molar-refractivity contribution in [3.8, 4) is 0 Å². The first-order valence-corrected chi connectivity index (χ1v) is 6.21. The minimum atomic E-state index is -0.0359. The van der Waals surface area contributed by atoms with Crippen molar-refractivity contribution in [2.24, 2.45) is 0 Å². The van der Waals surface area contributed by atoms with E-state index in [0.29, 0.717) is 5.66 Å². The van der Waals surface area contributed by atoms with Gasteiger partial charge in [0, 0.05) is 5.41 Å². The van der Waals surface area contributed by atoms with Crippen molar-refractivity contribution < 1.29 is 4.42 Å². The number of nitrogens with zero attached hydrogens (tertiary/aromatic N) is 1. The summed E-state index contributed by atoms with van der Waals surface area (Å²) in [4.78, 5) is 4.51. The monoisotopic (exact) mass is 235 g/mol. The van der Waals surface area contributed by atoms with E-state index in [1.54, 1.807) is 0 Å². The van der Waals surface area contributed by atoms with Gasteiger partial charge in [-0.25, -0.2) is 4.98 Å². The van der Waals surface area contributed by atoms with Crippen molar-refractivity contribution in [2.75, 3.05) is 0 Å². The minimum Gasteiger partial charge on any atom is -0.440 e. The molecule has 0 fully saturated rings. The van der Waals surface area contributed by atoms with Crippen molar-refractivity contribution in [3.63, 3.8) is 0 Å². The third kappa shape index (κ3) is 2.12. The van der Waals surface area contributed by atoms with Crippen molar-refractivity contribution in [2.45, 2.75) is 38.8 Å². The van der Waals surface area contributed by atoms with Crippen molar-refractivity contribution >= 4 is 20.3 Å². The Labute approximate surface area is 98.6 Å². The Hall–Kier alpha value is -0.880. The Kier molecular flexibility index (Phi) is 2.79. The second-order valence-electron chi connectivity index (χ2n) is 5.28. The summed E-state index contributed by atoms with van der Waals surface area (Å²) in [5, 5.41) is 0. The zero-order valence-electron chi connectivity index (χ0n) is 10.2. The molecule has 2 aromatic rings. The van der Waals surface area contributed by atoms with Crippen molar-refractivity contribution in [3.05, 3.63) is 29.7 Å². The summed E-state index contributed by atoms with van der Waals surface area (Å²) in [6, 6.07) is 6.22. The first-order valence-electron chi connectivity index (χ1n) is 5.54. The Morgan fingerprint density at radius 2 is 2.00 bits per heavy atom. The van der Waals surface area contributed by atoms with Crippen LogP contribution in [0.15, 0.2) is 22.6 Å². The zero-order valence-corrected chi connectivity index (χ0v) is 11.4. The van der Waals surface area contributed by atoms with E-state index in [1.807, 2.05) is 6.07 Å². The third-order valence-corrected chi connectivity index (χ3v) is 2.96. The van der Waals surface area contributed by atoms with Crippen molar-refractivity contribution in [1.82, 2.24) is 4.98 Å². The largest absolute Gasteiger partial charge is 0.440 e. The highest BCUT2D eigenvalue weighted by Crippen LogP contribution is 2.29. The van der Waals surface area contributed by atoms with Crippen LogP contribution in [0.25, 0.3) is 11.1 Å². The normalized spacial score (nSPS) is 14.3. The summed E-state index contributed by atoms with van der Waals surface area (Å²) in [6.45, 7) is 8.47. The van der Waals surface area contributed by atoms with Crippen LogP contribution in [0.4, 0.5) is 0 Å². The summed E-state index contributed by atoms with van der Waals surface area (Å²) in [6.07, 6.45) is 0. The molecule has 0 bridgehead atoms. The minimum absolute atomic E-state index is 0.0359. The molecule has 2 unspecified atom stereocenters. The predicted octanol–water partition coefficient (Wildman–Crippen LogP) is 4.06. The maximum Gasteiger partial charge on any atom is 0.200 e. The van der Waals surface area contributed by atoms with E-state index in [2.05, 4.69) is 54.1 Å². The SMILES string of the molecule is CC(P)c1ccc2nc(C(C)(C)C)oc2c1. The lowest BCUT2D eigenvalue weighted by Gasteiger charge is -2.11. The topological polar surface area (TPSA) is 26.0 Å². The fourth-order valence-electron chi connectivity index (χ4n) is 1.55. The molecule has 1 aromatic heterocycles. The van der Waals surface area contributed by atoms with Crippen LogP contribution in [-0.4, -0.2) is 4.98 Å². The molecule has 2 atom stereocenters. The molecule has 0 saturated heterocycles. The molecular formula is C13H18NOP. The highest BCUT2D eigenvalue weighted by molar-refractivity contribution is 7.17. The molecule has 3 heteroatoms. The first-order chi connectivity index (χ1) is 7.38. The van der Waals surface area contributed by atoms with Crippen LogP contribution in [0.5, 0.6) is 0 Å². The van der Waals surface area contributed by atoms with Gasteiger partial charge in [0.15, 0.2) is 5.58 Å². The van der Waals surface area contributed by atoms with Gasteiger partial charge in [-0.3, -0.25) is 0 Å². The molecule has 0 spiro atoms. The quantitative estimate of drug-likeness (QED) is 0.696. The summed E-state index contributed by atoms with van der Waals surface area (Å²) < 4.78 is 5.80. The van der Waals surface area contributed by atoms with Crippen LogP contribution in [0.3, 0.4) is 0 Å². The molecule has 1 aromatic carbocycles. The van der Waals surface area contributed by atoms with E-state index < -0.39 is 0 Å². The standard InChI is InChI=1S/C13H18NOP/c1-8(16)9-5-6-10-11(7-9)15-12(14-10)13(2,3)4/h5-8H,16H2,1-4H3. The summed E-state index contributed by atoms with van der Waals surface area (Å²) in [5.41, 5.74) is 3.49. The molecule has 1 heterocycles. The molecule has 2 rings (SSSR count). The van der Waals surface area contributed by atoms with Crippen molar-refractivity contribution in [1.29, 1.82) is 0 Å². The Morgan fingerprint density at radius 1 is 1.31 bits per heavy atom. The van der Waals surface area contributed by atoms with Gasteiger partial charge in [-0.2, -0.15) is 0 Å². The van der Waals surface area contributed by atoms with Crippen LogP contribution < -0.4 is 0 Å². The zero-order chi connectivity index (χ0) is 11.9. The van der Waals surface area contributed by atoms with Gasteiger partial charge >= 0.3 is 0 Å². The summed E-state index contributed by atoms with van der Waals surface area (Å²) in [7, 11) is 2.79. The summed E-state index contributed by atoms with van der Waals surface area (Å²) >= 11 is 0. The maximum absolute atomic E-state index is 5.80. The molecule has 2 nitrogen and oxygen atoms in total. The molecular weight excluding hydrogens is 217 g/mol. The van der Waals surface area contributed by atoms with E-state index in [-0.39, 0.29) is 5.41 Å². The van der Waals surface area contributed by atoms with Crippen LogP contribution >= 0.6 is 9.24 Å². The molecule has 0 radical (unpaired) electrons. The van der Waals surface area contributed by atoms with Gasteiger partial charge in [-0.1, -0.05) is 33.8 Å². The van der Waals surface area contributed by atoms with Crippen LogP contribution in [-0.2, 0) is 5.41 Å². The van der Waals surface area contributed by atoms with Gasteiger partial charge in [0.2, 0.25) is 5.89 Å². The van der Waals surface area contributed by atoms with E-state index >= 15 is 0 Å². The van der Waals surface area contributed by atoms with Gasteiger partial charge in [-0.15, -0.1) is 9.24 Å². The fraction of sp³-hybridized carbons (Fsp3) is 0.462. The lowest BCUT2D eigenvalue weighted by molar-refractivity contribution is 0.411. The highest BCUT2D eigenvalue weighted by Gasteiger charge is 2.20. The van der Waals surface area contributed by atoms with E-state index in [1.165, 1.54) is 5.56 Å². The molecule has 0 aliphatic rings. The number of hydrogen-bond donors (Lipinski definition) is 0. The van der Waals surface area contributed by atoms with Gasteiger partial charge in [-0.05, 0) is 23.4 Å². The Bertz CT molecular complexity index is 508. The molecule has 86 valence electrons. The number of fused-ring (bicyclic) bond motifs is 1. The predicted molar refractivity (Wildman–Crippen MR) is 70.8 cm³/mol. The van der Waals surface area contributed by atoms with E-state index in [0.717, 1.165) is 17.0 Å². The second kappa shape index (κ2) is 3.85. The van der Waals surface area contributed by atoms with Crippen LogP contribution in [0.1, 0.15) is 44.8 Å². The van der Waals surface area contributed by atoms with E-state index in [4.69, 9.17) is 4.42 Å². The molecule has 0 amide bonds. The molecule has 0 saturated carbocycles. The lowest BCUT2D eigenvalue weighted by atomic mass is 9.97. The number of aromatic nitrogens is 1. The number of rotatable bonds is 1. The van der Waals surface area contributed by atoms with E-state index in [9.17, 15) is 0 Å². The average molecular weight is 235 g/mol. The molecule has 0 N–H and O–H groups in total. The second-order valence-corrected chi connectivity index (χ2v) is 6.28. The highest BCUT2D eigenvalue weighted by atomic mass is 31.0. The Balaban J connectivity index is 2.54. The van der Waals surface area contributed by atoms with Gasteiger partial charge < -0.3 is 4.42 Å². The first kappa shape index (κ1) is 11.6. The third-order valence-electron chi connectivity index (χ3n) is 2.58. The smallest absolute Gasteiger partial charge is 0.200 e. The van der Waals surface area contributed by atoms with Crippen LogP contribution in [0.2, 0.25) is 0 Å².